The fourth-order valence-corrected chi connectivity index (χ4v) is 3.69. The zero-order chi connectivity index (χ0) is 15.3. The maximum atomic E-state index is 13.8. The van der Waals surface area contributed by atoms with E-state index in [9.17, 15) is 9.18 Å². The number of rotatable bonds is 3. The Morgan fingerprint density at radius 1 is 1.36 bits per heavy atom. The van der Waals surface area contributed by atoms with Gasteiger partial charge in [0, 0.05) is 16.7 Å². The Kier molecular flexibility index (Phi) is 3.19. The molecule has 0 aromatic carbocycles. The summed E-state index contributed by atoms with van der Waals surface area (Å²) in [5.41, 5.74) is 7.12. The van der Waals surface area contributed by atoms with Gasteiger partial charge in [-0.25, -0.2) is 9.38 Å². The SMILES string of the molecule is N[C@H](C1=NC(=O)C2SC(c3ccncc3F)=CC2=N1)C1CC1. The smallest absolute Gasteiger partial charge is 0.267 e. The number of nitrogens with two attached hydrogens (primary N) is 1. The van der Waals surface area contributed by atoms with E-state index in [1.165, 1.54) is 18.0 Å². The number of halogens is 1. The summed E-state index contributed by atoms with van der Waals surface area (Å²) in [7, 11) is 0. The summed E-state index contributed by atoms with van der Waals surface area (Å²) in [6.07, 6.45) is 6.55. The number of thioether (sulfide) groups is 1. The van der Waals surface area contributed by atoms with Crippen molar-refractivity contribution in [1.82, 2.24) is 4.98 Å². The molecule has 1 aliphatic carbocycles. The molecule has 0 radical (unpaired) electrons. The van der Waals surface area contributed by atoms with Crippen LogP contribution in [0.5, 0.6) is 0 Å². The van der Waals surface area contributed by atoms with E-state index in [4.69, 9.17) is 5.73 Å². The van der Waals surface area contributed by atoms with Gasteiger partial charge in [0.05, 0.1) is 18.0 Å². The molecule has 1 unspecified atom stereocenters. The largest absolute Gasteiger partial charge is 0.321 e. The third kappa shape index (κ3) is 2.30. The Morgan fingerprint density at radius 2 is 2.18 bits per heavy atom. The van der Waals surface area contributed by atoms with Gasteiger partial charge in [-0.3, -0.25) is 9.78 Å². The average molecular weight is 316 g/mol. The minimum absolute atomic E-state index is 0.262. The highest BCUT2D eigenvalue weighted by molar-refractivity contribution is 8.10. The van der Waals surface area contributed by atoms with Crippen molar-refractivity contribution in [2.24, 2.45) is 21.6 Å². The topological polar surface area (TPSA) is 80.7 Å². The Balaban J connectivity index is 1.67. The van der Waals surface area contributed by atoms with E-state index in [0.717, 1.165) is 19.0 Å². The number of fused-ring (bicyclic) bond motifs is 1. The molecular weight excluding hydrogens is 303 g/mol. The van der Waals surface area contributed by atoms with Crippen LogP contribution in [0, 0.1) is 11.7 Å². The van der Waals surface area contributed by atoms with Gasteiger partial charge in [0.15, 0.2) is 0 Å². The Morgan fingerprint density at radius 3 is 2.91 bits per heavy atom. The number of amides is 1. The van der Waals surface area contributed by atoms with Crippen LogP contribution < -0.4 is 5.73 Å². The van der Waals surface area contributed by atoms with Crippen LogP contribution in [0.15, 0.2) is 34.5 Å². The first-order valence-corrected chi connectivity index (χ1v) is 7.96. The highest BCUT2D eigenvalue weighted by atomic mass is 32.2. The quantitative estimate of drug-likeness (QED) is 0.922. The average Bonchev–Trinajstić information content (AvgIpc) is 3.26. The molecule has 1 aromatic heterocycles. The van der Waals surface area contributed by atoms with Crippen molar-refractivity contribution in [1.29, 1.82) is 0 Å². The Hall–Kier alpha value is -1.86. The number of carbonyl (C=O) groups excluding carboxylic acids is 1. The maximum absolute atomic E-state index is 13.8. The molecule has 3 aliphatic rings. The number of nitrogens with zero attached hydrogens (tertiary/aromatic N) is 3. The molecule has 3 heterocycles. The number of allylic oxidation sites excluding steroid dienone is 1. The van der Waals surface area contributed by atoms with E-state index in [1.54, 1.807) is 12.1 Å². The number of pyridine rings is 1. The predicted molar refractivity (Wildman–Crippen MR) is 84.1 cm³/mol. The first-order chi connectivity index (χ1) is 10.6. The van der Waals surface area contributed by atoms with Crippen LogP contribution in [-0.4, -0.2) is 33.7 Å². The normalized spacial score (nSPS) is 25.3. The molecule has 1 saturated carbocycles. The van der Waals surface area contributed by atoms with Crippen molar-refractivity contribution >= 4 is 34.1 Å². The third-order valence-electron chi connectivity index (χ3n) is 3.95. The summed E-state index contributed by atoms with van der Waals surface area (Å²) in [6.45, 7) is 0. The zero-order valence-corrected chi connectivity index (χ0v) is 12.4. The second-order valence-corrected chi connectivity index (χ2v) is 6.72. The van der Waals surface area contributed by atoms with Crippen molar-refractivity contribution in [2.45, 2.75) is 24.1 Å². The lowest BCUT2D eigenvalue weighted by Gasteiger charge is -2.17. The molecular formula is C15H13FN4OS. The second-order valence-electron chi connectivity index (χ2n) is 5.57. The van der Waals surface area contributed by atoms with Gasteiger partial charge in [-0.1, -0.05) is 0 Å². The fraction of sp³-hybridized carbons (Fsp3) is 0.333. The van der Waals surface area contributed by atoms with Crippen molar-refractivity contribution in [3.8, 4) is 0 Å². The molecule has 0 saturated heterocycles. The van der Waals surface area contributed by atoms with Crippen LogP contribution in [0.3, 0.4) is 0 Å². The van der Waals surface area contributed by atoms with Crippen molar-refractivity contribution in [2.75, 3.05) is 0 Å². The first kappa shape index (κ1) is 13.8. The van der Waals surface area contributed by atoms with Crippen molar-refractivity contribution in [3.63, 3.8) is 0 Å². The van der Waals surface area contributed by atoms with Gasteiger partial charge in [-0.05, 0) is 30.9 Å². The summed E-state index contributed by atoms with van der Waals surface area (Å²) >= 11 is 1.27. The van der Waals surface area contributed by atoms with E-state index in [-0.39, 0.29) is 11.9 Å². The number of amidine groups is 1. The number of aromatic nitrogens is 1. The van der Waals surface area contributed by atoms with E-state index in [2.05, 4.69) is 15.0 Å². The summed E-state index contributed by atoms with van der Waals surface area (Å²) in [6, 6.07) is 1.31. The fourth-order valence-electron chi connectivity index (χ4n) is 2.56. The van der Waals surface area contributed by atoms with E-state index in [0.29, 0.717) is 27.9 Å². The van der Waals surface area contributed by atoms with Gasteiger partial charge >= 0.3 is 0 Å². The monoisotopic (exact) mass is 316 g/mol. The molecule has 22 heavy (non-hydrogen) atoms. The first-order valence-electron chi connectivity index (χ1n) is 7.08. The molecule has 5 nitrogen and oxygen atoms in total. The Labute approximate surface area is 130 Å². The van der Waals surface area contributed by atoms with Crippen molar-refractivity contribution < 1.29 is 9.18 Å². The predicted octanol–water partition coefficient (Wildman–Crippen LogP) is 1.79. The molecule has 2 atom stereocenters. The molecule has 1 amide bonds. The van der Waals surface area contributed by atoms with Crippen LogP contribution in [-0.2, 0) is 4.79 Å². The minimum atomic E-state index is -0.488. The number of carbonyl (C=O) groups is 1. The Bertz CT molecular complexity index is 754. The summed E-state index contributed by atoms with van der Waals surface area (Å²) in [5.74, 6) is 0.111. The molecule has 4 rings (SSSR count). The van der Waals surface area contributed by atoms with Crippen molar-refractivity contribution in [3.05, 3.63) is 35.9 Å². The molecule has 1 aromatic rings. The number of aliphatic imine (C=N–C) groups is 2. The van der Waals surface area contributed by atoms with Crippen LogP contribution in [0.2, 0.25) is 0 Å². The van der Waals surface area contributed by atoms with E-state index in [1.807, 2.05) is 0 Å². The van der Waals surface area contributed by atoms with Crippen LogP contribution in [0.4, 0.5) is 4.39 Å². The number of hydrogen-bond donors (Lipinski definition) is 1. The van der Waals surface area contributed by atoms with Gasteiger partial charge in [-0.2, -0.15) is 4.99 Å². The number of hydrogen-bond acceptors (Lipinski definition) is 5. The molecule has 0 bridgehead atoms. The molecule has 112 valence electrons. The summed E-state index contributed by atoms with van der Waals surface area (Å²) in [5, 5.41) is -0.488. The van der Waals surface area contributed by atoms with Crippen LogP contribution in [0.1, 0.15) is 18.4 Å². The molecule has 2 aliphatic heterocycles. The highest BCUT2D eigenvalue weighted by Gasteiger charge is 2.39. The van der Waals surface area contributed by atoms with E-state index >= 15 is 0 Å². The van der Waals surface area contributed by atoms with Gasteiger partial charge in [0.1, 0.15) is 16.9 Å². The standard InChI is InChI=1S/C15H13FN4OS/c16-9-6-18-4-3-8(9)11-5-10-13(22-11)15(21)20-14(19-10)12(17)7-1-2-7/h3-7,12-13H,1-2,17H2/t12-,13?/m0/s1. The van der Waals surface area contributed by atoms with Crippen LogP contribution in [0.25, 0.3) is 4.91 Å². The molecule has 1 fully saturated rings. The highest BCUT2D eigenvalue weighted by Crippen LogP contribution is 2.41. The van der Waals surface area contributed by atoms with E-state index < -0.39 is 11.1 Å². The summed E-state index contributed by atoms with van der Waals surface area (Å²) in [4.78, 5) is 25.1. The maximum Gasteiger partial charge on any atom is 0.267 e. The summed E-state index contributed by atoms with van der Waals surface area (Å²) < 4.78 is 13.8. The molecule has 7 heteroatoms. The third-order valence-corrected chi connectivity index (χ3v) is 5.22. The molecule has 0 spiro atoms. The van der Waals surface area contributed by atoms with Crippen LogP contribution >= 0.6 is 11.8 Å². The lowest BCUT2D eigenvalue weighted by Crippen LogP contribution is -2.37. The van der Waals surface area contributed by atoms with Gasteiger partial charge in [-0.15, -0.1) is 11.8 Å². The van der Waals surface area contributed by atoms with Gasteiger partial charge < -0.3 is 5.73 Å². The van der Waals surface area contributed by atoms with Gasteiger partial charge in [0.2, 0.25) is 0 Å². The zero-order valence-electron chi connectivity index (χ0n) is 11.6. The van der Waals surface area contributed by atoms with Gasteiger partial charge in [0.25, 0.3) is 5.91 Å². The molecule has 2 N–H and O–H groups in total. The second kappa shape index (κ2) is 5.10. The minimum Gasteiger partial charge on any atom is -0.321 e. The lowest BCUT2D eigenvalue weighted by atomic mass is 10.1. The lowest BCUT2D eigenvalue weighted by molar-refractivity contribution is -0.116.